The van der Waals surface area contributed by atoms with Crippen molar-refractivity contribution in [1.82, 2.24) is 5.32 Å². The van der Waals surface area contributed by atoms with Crippen LogP contribution in [0.25, 0.3) is 0 Å². The molecule has 5 N–H and O–H groups in total. The van der Waals surface area contributed by atoms with Gasteiger partial charge in [0.1, 0.15) is 0 Å². The standard InChI is InChI=1S/C13H17N3O3/c14-11-7-9(3-4-10(11)13(18)19)15-6-5-12(17)16-8-1-2-8/h3-4,7-8,15H,1-2,5-6,14H2,(H,16,17)(H,18,19). The van der Waals surface area contributed by atoms with E-state index in [0.717, 1.165) is 12.8 Å². The first-order chi connectivity index (χ1) is 9.06. The van der Waals surface area contributed by atoms with Crippen LogP contribution in [-0.4, -0.2) is 29.6 Å². The van der Waals surface area contributed by atoms with Gasteiger partial charge in [0, 0.05) is 30.4 Å². The number of nitrogens with two attached hydrogens (primary N) is 1. The first-order valence-electron chi connectivity index (χ1n) is 6.22. The second-order valence-corrected chi connectivity index (χ2v) is 4.63. The summed E-state index contributed by atoms with van der Waals surface area (Å²) in [6.07, 6.45) is 2.54. The average Bonchev–Trinajstić information content (AvgIpc) is 3.12. The van der Waals surface area contributed by atoms with Crippen LogP contribution in [0.3, 0.4) is 0 Å². The van der Waals surface area contributed by atoms with E-state index in [1.54, 1.807) is 12.1 Å². The summed E-state index contributed by atoms with van der Waals surface area (Å²) in [6, 6.07) is 5.02. The van der Waals surface area contributed by atoms with Crippen LogP contribution in [-0.2, 0) is 4.79 Å². The fourth-order valence-corrected chi connectivity index (χ4v) is 1.72. The van der Waals surface area contributed by atoms with Gasteiger partial charge in [-0.25, -0.2) is 4.79 Å². The zero-order chi connectivity index (χ0) is 13.8. The Bertz CT molecular complexity index is 498. The molecular weight excluding hydrogens is 246 g/mol. The second-order valence-electron chi connectivity index (χ2n) is 4.63. The summed E-state index contributed by atoms with van der Waals surface area (Å²) in [6.45, 7) is 0.490. The van der Waals surface area contributed by atoms with E-state index in [-0.39, 0.29) is 17.2 Å². The summed E-state index contributed by atoms with van der Waals surface area (Å²) in [5.41, 5.74) is 6.63. The molecule has 0 heterocycles. The van der Waals surface area contributed by atoms with E-state index < -0.39 is 5.97 Å². The summed E-state index contributed by atoms with van der Waals surface area (Å²) < 4.78 is 0. The number of rotatable bonds is 6. The lowest BCUT2D eigenvalue weighted by atomic mass is 10.1. The van der Waals surface area contributed by atoms with Crippen LogP contribution < -0.4 is 16.4 Å². The molecule has 19 heavy (non-hydrogen) atoms. The Hall–Kier alpha value is -2.24. The predicted octanol–water partition coefficient (Wildman–Crippen LogP) is 1.05. The van der Waals surface area contributed by atoms with Crippen molar-refractivity contribution >= 4 is 23.3 Å². The van der Waals surface area contributed by atoms with E-state index in [1.807, 2.05) is 0 Å². The van der Waals surface area contributed by atoms with Gasteiger partial charge in [-0.3, -0.25) is 4.79 Å². The number of aromatic carboxylic acids is 1. The van der Waals surface area contributed by atoms with Crippen LogP contribution in [0.4, 0.5) is 11.4 Å². The molecule has 6 nitrogen and oxygen atoms in total. The Labute approximate surface area is 111 Å². The van der Waals surface area contributed by atoms with Gasteiger partial charge in [0.05, 0.1) is 5.56 Å². The number of benzene rings is 1. The molecule has 1 fully saturated rings. The first-order valence-corrected chi connectivity index (χ1v) is 6.22. The summed E-state index contributed by atoms with van der Waals surface area (Å²) in [5, 5.41) is 14.8. The largest absolute Gasteiger partial charge is 0.478 e. The maximum atomic E-state index is 11.4. The van der Waals surface area contributed by atoms with Gasteiger partial charge in [0.15, 0.2) is 0 Å². The smallest absolute Gasteiger partial charge is 0.337 e. The van der Waals surface area contributed by atoms with E-state index in [4.69, 9.17) is 10.8 Å². The highest BCUT2D eigenvalue weighted by Gasteiger charge is 2.22. The zero-order valence-electron chi connectivity index (χ0n) is 10.5. The van der Waals surface area contributed by atoms with E-state index in [1.165, 1.54) is 6.07 Å². The molecule has 1 aliphatic rings. The van der Waals surface area contributed by atoms with Gasteiger partial charge in [0.25, 0.3) is 0 Å². The summed E-state index contributed by atoms with van der Waals surface area (Å²) in [5.74, 6) is -1.02. The van der Waals surface area contributed by atoms with Crippen molar-refractivity contribution in [2.45, 2.75) is 25.3 Å². The highest BCUT2D eigenvalue weighted by Crippen LogP contribution is 2.19. The van der Waals surface area contributed by atoms with Gasteiger partial charge in [-0.15, -0.1) is 0 Å². The van der Waals surface area contributed by atoms with Crippen molar-refractivity contribution in [2.75, 3.05) is 17.6 Å². The molecule has 6 heteroatoms. The maximum absolute atomic E-state index is 11.4. The molecule has 0 aromatic heterocycles. The van der Waals surface area contributed by atoms with Crippen LogP contribution in [0, 0.1) is 0 Å². The molecule has 2 rings (SSSR count). The third-order valence-corrected chi connectivity index (χ3v) is 2.91. The fraction of sp³-hybridized carbons (Fsp3) is 0.385. The molecule has 0 bridgehead atoms. The van der Waals surface area contributed by atoms with E-state index in [0.29, 0.717) is 24.7 Å². The number of amides is 1. The molecule has 0 aliphatic heterocycles. The van der Waals surface area contributed by atoms with Crippen molar-refractivity contribution in [1.29, 1.82) is 0 Å². The van der Waals surface area contributed by atoms with Gasteiger partial charge < -0.3 is 21.5 Å². The van der Waals surface area contributed by atoms with Crippen LogP contribution in [0.1, 0.15) is 29.6 Å². The monoisotopic (exact) mass is 263 g/mol. The van der Waals surface area contributed by atoms with Crippen molar-refractivity contribution in [2.24, 2.45) is 0 Å². The molecule has 0 saturated heterocycles. The maximum Gasteiger partial charge on any atom is 0.337 e. The quantitative estimate of drug-likeness (QED) is 0.574. The normalized spacial score (nSPS) is 13.9. The van der Waals surface area contributed by atoms with Crippen molar-refractivity contribution in [3.8, 4) is 0 Å². The van der Waals surface area contributed by atoms with Gasteiger partial charge in [-0.05, 0) is 31.0 Å². The van der Waals surface area contributed by atoms with E-state index in [9.17, 15) is 9.59 Å². The lowest BCUT2D eigenvalue weighted by molar-refractivity contribution is -0.120. The Kier molecular flexibility index (Phi) is 3.89. The molecular formula is C13H17N3O3. The van der Waals surface area contributed by atoms with Crippen LogP contribution in [0.15, 0.2) is 18.2 Å². The molecule has 1 aromatic rings. The third kappa shape index (κ3) is 3.87. The number of carbonyl (C=O) groups is 2. The minimum atomic E-state index is -1.05. The lowest BCUT2D eigenvalue weighted by Gasteiger charge is -2.08. The second kappa shape index (κ2) is 5.60. The topological polar surface area (TPSA) is 104 Å². The van der Waals surface area contributed by atoms with E-state index in [2.05, 4.69) is 10.6 Å². The number of carbonyl (C=O) groups excluding carboxylic acids is 1. The van der Waals surface area contributed by atoms with E-state index >= 15 is 0 Å². The Morgan fingerprint density at radius 3 is 2.68 bits per heavy atom. The van der Waals surface area contributed by atoms with Crippen molar-refractivity contribution in [3.05, 3.63) is 23.8 Å². The molecule has 0 radical (unpaired) electrons. The Morgan fingerprint density at radius 2 is 2.11 bits per heavy atom. The van der Waals surface area contributed by atoms with Crippen LogP contribution in [0.2, 0.25) is 0 Å². The molecule has 0 atom stereocenters. The number of hydrogen-bond donors (Lipinski definition) is 4. The predicted molar refractivity (Wildman–Crippen MR) is 72.1 cm³/mol. The Balaban J connectivity index is 1.80. The molecule has 0 spiro atoms. The summed E-state index contributed by atoms with van der Waals surface area (Å²) >= 11 is 0. The van der Waals surface area contributed by atoms with Crippen molar-refractivity contribution in [3.63, 3.8) is 0 Å². The van der Waals surface area contributed by atoms with Gasteiger partial charge >= 0.3 is 5.97 Å². The van der Waals surface area contributed by atoms with Crippen LogP contribution in [0.5, 0.6) is 0 Å². The van der Waals surface area contributed by atoms with Gasteiger partial charge in [-0.1, -0.05) is 0 Å². The van der Waals surface area contributed by atoms with Gasteiger partial charge in [-0.2, -0.15) is 0 Å². The first kappa shape index (κ1) is 13.2. The molecule has 1 saturated carbocycles. The van der Waals surface area contributed by atoms with Gasteiger partial charge in [0.2, 0.25) is 5.91 Å². The summed E-state index contributed by atoms with van der Waals surface area (Å²) in [4.78, 5) is 22.2. The molecule has 102 valence electrons. The minimum Gasteiger partial charge on any atom is -0.478 e. The molecule has 0 unspecified atom stereocenters. The average molecular weight is 263 g/mol. The van der Waals surface area contributed by atoms with Crippen molar-refractivity contribution < 1.29 is 14.7 Å². The summed E-state index contributed by atoms with van der Waals surface area (Å²) in [7, 11) is 0. The zero-order valence-corrected chi connectivity index (χ0v) is 10.5. The number of nitrogens with one attached hydrogen (secondary N) is 2. The number of anilines is 2. The number of nitrogen functional groups attached to an aromatic ring is 1. The minimum absolute atomic E-state index is 0.0325. The fourth-order valence-electron chi connectivity index (χ4n) is 1.72. The SMILES string of the molecule is Nc1cc(NCCC(=O)NC2CC2)ccc1C(=O)O. The number of hydrogen-bond acceptors (Lipinski definition) is 4. The Morgan fingerprint density at radius 1 is 1.37 bits per heavy atom. The molecule has 1 aliphatic carbocycles. The van der Waals surface area contributed by atoms with Crippen LogP contribution >= 0.6 is 0 Å². The highest BCUT2D eigenvalue weighted by molar-refractivity contribution is 5.94. The molecule has 1 aromatic carbocycles. The molecule has 1 amide bonds. The number of carboxylic acid groups (broad SMARTS) is 1. The number of carboxylic acids is 1. The lowest BCUT2D eigenvalue weighted by Crippen LogP contribution is -2.27. The third-order valence-electron chi connectivity index (χ3n) is 2.91. The highest BCUT2D eigenvalue weighted by atomic mass is 16.4.